The Balaban J connectivity index is 3.54. The van der Waals surface area contributed by atoms with Crippen molar-refractivity contribution in [1.82, 2.24) is 5.32 Å². The van der Waals surface area contributed by atoms with Gasteiger partial charge in [-0.25, -0.2) is 4.79 Å². The lowest BCUT2D eigenvalue weighted by molar-refractivity contribution is -0.136. The van der Waals surface area contributed by atoms with Gasteiger partial charge in [0.05, 0.1) is 0 Å². The second-order valence-corrected chi connectivity index (χ2v) is 8.32. The Labute approximate surface area is 100.0 Å². The van der Waals surface area contributed by atoms with Crippen molar-refractivity contribution < 1.29 is 9.90 Å². The van der Waals surface area contributed by atoms with Crippen molar-refractivity contribution >= 4 is 51.2 Å². The van der Waals surface area contributed by atoms with Crippen LogP contribution in [-0.2, 0) is 4.79 Å². The van der Waals surface area contributed by atoms with Gasteiger partial charge >= 0.3 is 5.97 Å². The first-order valence-electron chi connectivity index (χ1n) is 3.76. The second-order valence-electron chi connectivity index (χ2n) is 2.57. The highest BCUT2D eigenvalue weighted by molar-refractivity contribution is 14.2. The van der Waals surface area contributed by atoms with Crippen LogP contribution in [0.4, 0.5) is 0 Å². The molecular formula is C7H13I2NO2. The fraction of sp³-hybridized carbons (Fsp3) is 0.857. The third-order valence-corrected chi connectivity index (χ3v) is 3.48. The molecule has 0 spiro atoms. The van der Waals surface area contributed by atoms with E-state index in [2.05, 4.69) is 5.32 Å². The molecule has 0 fully saturated rings. The maximum absolute atomic E-state index is 10.7. The SMILES string of the molecule is CNCCCCC(I)(I)C(=O)O. The van der Waals surface area contributed by atoms with E-state index in [9.17, 15) is 4.79 Å². The molecule has 0 heterocycles. The van der Waals surface area contributed by atoms with Crippen LogP contribution in [0.1, 0.15) is 19.3 Å². The Morgan fingerprint density at radius 2 is 2.08 bits per heavy atom. The van der Waals surface area contributed by atoms with E-state index in [0.29, 0.717) is 0 Å². The molecule has 0 aromatic carbocycles. The maximum Gasteiger partial charge on any atom is 0.329 e. The number of hydrogen-bond acceptors (Lipinski definition) is 2. The number of hydrogen-bond donors (Lipinski definition) is 2. The lowest BCUT2D eigenvalue weighted by Gasteiger charge is -2.14. The first kappa shape index (κ1) is 12.9. The summed E-state index contributed by atoms with van der Waals surface area (Å²) in [6, 6.07) is 0. The number of unbranched alkanes of at least 4 members (excludes halogenated alkanes) is 1. The van der Waals surface area contributed by atoms with Crippen LogP contribution in [0, 0.1) is 0 Å². The van der Waals surface area contributed by atoms with Gasteiger partial charge in [-0.3, -0.25) is 0 Å². The van der Waals surface area contributed by atoms with E-state index in [0.717, 1.165) is 25.8 Å². The maximum atomic E-state index is 10.7. The number of halogens is 2. The van der Waals surface area contributed by atoms with E-state index < -0.39 is 7.40 Å². The minimum atomic E-state index is -0.729. The molecule has 0 saturated heterocycles. The average molecular weight is 397 g/mol. The Morgan fingerprint density at radius 3 is 2.50 bits per heavy atom. The molecule has 0 aliphatic heterocycles. The Morgan fingerprint density at radius 1 is 1.50 bits per heavy atom. The van der Waals surface area contributed by atoms with E-state index in [1.54, 1.807) is 0 Å². The molecule has 0 aliphatic carbocycles. The predicted octanol–water partition coefficient (Wildman–Crippen LogP) is 2.03. The highest BCUT2D eigenvalue weighted by Crippen LogP contribution is 2.33. The van der Waals surface area contributed by atoms with Crippen molar-refractivity contribution in [3.05, 3.63) is 0 Å². The molecule has 12 heavy (non-hydrogen) atoms. The van der Waals surface area contributed by atoms with Gasteiger partial charge in [-0.15, -0.1) is 0 Å². The second kappa shape index (κ2) is 6.36. The van der Waals surface area contributed by atoms with E-state index in [4.69, 9.17) is 5.11 Å². The number of aliphatic carboxylic acids is 1. The lowest BCUT2D eigenvalue weighted by atomic mass is 10.2. The van der Waals surface area contributed by atoms with Crippen LogP contribution in [-0.4, -0.2) is 26.1 Å². The fourth-order valence-corrected chi connectivity index (χ4v) is 1.52. The molecule has 0 unspecified atom stereocenters. The van der Waals surface area contributed by atoms with Crippen LogP contribution < -0.4 is 5.32 Å². The molecule has 0 saturated carbocycles. The highest BCUT2D eigenvalue weighted by atomic mass is 127. The molecule has 3 nitrogen and oxygen atoms in total. The van der Waals surface area contributed by atoms with Crippen LogP contribution in [0.25, 0.3) is 0 Å². The quantitative estimate of drug-likeness (QED) is 0.410. The number of rotatable bonds is 6. The predicted molar refractivity (Wildman–Crippen MR) is 66.2 cm³/mol. The third-order valence-electron chi connectivity index (χ3n) is 1.48. The van der Waals surface area contributed by atoms with Crippen molar-refractivity contribution in [3.8, 4) is 0 Å². The Bertz CT molecular complexity index is 150. The number of nitrogens with one attached hydrogen (secondary N) is 1. The molecule has 0 rings (SSSR count). The summed E-state index contributed by atoms with van der Waals surface area (Å²) in [4.78, 5) is 10.7. The van der Waals surface area contributed by atoms with Gasteiger partial charge in [-0.2, -0.15) is 0 Å². The summed E-state index contributed by atoms with van der Waals surface area (Å²) in [7, 11) is 1.90. The minimum Gasteiger partial charge on any atom is -0.480 e. The van der Waals surface area contributed by atoms with Crippen molar-refractivity contribution in [2.45, 2.75) is 20.7 Å². The third kappa shape index (κ3) is 5.52. The van der Waals surface area contributed by atoms with Crippen LogP contribution in [0.15, 0.2) is 0 Å². The zero-order valence-electron chi connectivity index (χ0n) is 6.94. The summed E-state index contributed by atoms with van der Waals surface area (Å²) in [5.41, 5.74) is 0. The molecular weight excluding hydrogens is 384 g/mol. The molecule has 0 aromatic heterocycles. The minimum absolute atomic E-state index is 0.622. The first-order chi connectivity index (χ1) is 5.50. The monoisotopic (exact) mass is 397 g/mol. The summed E-state index contributed by atoms with van der Waals surface area (Å²) in [5, 5.41) is 11.8. The van der Waals surface area contributed by atoms with Gasteiger partial charge < -0.3 is 10.4 Å². The summed E-state index contributed by atoms with van der Waals surface area (Å²) in [6.07, 6.45) is 2.72. The summed E-state index contributed by atoms with van der Waals surface area (Å²) >= 11 is 3.97. The van der Waals surface area contributed by atoms with Crippen molar-refractivity contribution in [3.63, 3.8) is 0 Å². The normalized spacial score (nSPS) is 11.6. The summed E-state index contributed by atoms with van der Waals surface area (Å²) in [5.74, 6) is -0.729. The summed E-state index contributed by atoms with van der Waals surface area (Å²) < 4.78 is -0.622. The van der Waals surface area contributed by atoms with Crippen LogP contribution in [0.5, 0.6) is 0 Å². The Kier molecular flexibility index (Phi) is 6.83. The first-order valence-corrected chi connectivity index (χ1v) is 5.92. The van der Waals surface area contributed by atoms with Gasteiger partial charge in [-0.05, 0) is 32.9 Å². The van der Waals surface area contributed by atoms with Gasteiger partial charge in [0.15, 0.2) is 1.43 Å². The molecule has 5 heteroatoms. The largest absolute Gasteiger partial charge is 0.480 e. The van der Waals surface area contributed by atoms with Crippen molar-refractivity contribution in [2.75, 3.05) is 13.6 Å². The number of carboxylic acids is 1. The number of carboxylic acid groups (broad SMARTS) is 1. The molecule has 72 valence electrons. The van der Waals surface area contributed by atoms with Crippen LogP contribution in [0.3, 0.4) is 0 Å². The van der Waals surface area contributed by atoms with Gasteiger partial charge in [-0.1, -0.05) is 45.2 Å². The van der Waals surface area contributed by atoms with Crippen molar-refractivity contribution in [2.24, 2.45) is 0 Å². The van der Waals surface area contributed by atoms with E-state index in [1.165, 1.54) is 0 Å². The standard InChI is InChI=1S/C7H13I2NO2/c1-10-5-3-2-4-7(8,9)6(11)12/h10H,2-5H2,1H3,(H,11,12). The lowest BCUT2D eigenvalue weighted by Crippen LogP contribution is -2.23. The molecule has 0 amide bonds. The molecule has 0 aromatic rings. The zero-order valence-corrected chi connectivity index (χ0v) is 11.3. The number of alkyl halides is 2. The molecule has 0 radical (unpaired) electrons. The fourth-order valence-electron chi connectivity index (χ4n) is 0.756. The van der Waals surface area contributed by atoms with E-state index in [-0.39, 0.29) is 0 Å². The molecule has 0 aliphatic rings. The van der Waals surface area contributed by atoms with E-state index in [1.807, 2.05) is 52.2 Å². The average Bonchev–Trinajstić information content (AvgIpc) is 1.98. The molecule has 0 bridgehead atoms. The van der Waals surface area contributed by atoms with Crippen LogP contribution >= 0.6 is 45.2 Å². The highest BCUT2D eigenvalue weighted by Gasteiger charge is 2.30. The van der Waals surface area contributed by atoms with Crippen molar-refractivity contribution in [1.29, 1.82) is 0 Å². The molecule has 0 atom stereocenters. The van der Waals surface area contributed by atoms with Crippen LogP contribution in [0.2, 0.25) is 0 Å². The van der Waals surface area contributed by atoms with Gasteiger partial charge in [0, 0.05) is 0 Å². The smallest absolute Gasteiger partial charge is 0.329 e. The molecule has 2 N–H and O–H groups in total. The van der Waals surface area contributed by atoms with Gasteiger partial charge in [0.1, 0.15) is 0 Å². The Hall–Kier alpha value is 0.890. The summed E-state index contributed by atoms with van der Waals surface area (Å²) in [6.45, 7) is 0.961. The number of carbonyl (C=O) groups is 1. The van der Waals surface area contributed by atoms with Gasteiger partial charge in [0.25, 0.3) is 0 Å². The van der Waals surface area contributed by atoms with E-state index >= 15 is 0 Å². The topological polar surface area (TPSA) is 49.3 Å². The zero-order chi connectivity index (χ0) is 9.61. The van der Waals surface area contributed by atoms with Gasteiger partial charge in [0.2, 0.25) is 0 Å².